The predicted octanol–water partition coefficient (Wildman–Crippen LogP) is 1.91. The fourth-order valence-corrected chi connectivity index (χ4v) is 1.59. The molecule has 0 saturated carbocycles. The number of aromatic hydroxyl groups is 2. The summed E-state index contributed by atoms with van der Waals surface area (Å²) in [5, 5.41) is 39.6. The molecule has 1 rings (SSSR count). The predicted molar refractivity (Wildman–Crippen MR) is 71.1 cm³/mol. The third-order valence-corrected chi connectivity index (χ3v) is 2.33. The molecule has 0 radical (unpaired) electrons. The molecule has 7 nitrogen and oxygen atoms in total. The molecule has 0 fully saturated rings. The van der Waals surface area contributed by atoms with E-state index in [0.29, 0.717) is 12.0 Å². The van der Waals surface area contributed by atoms with Crippen molar-refractivity contribution < 1.29 is 24.9 Å². The number of nitrogens with one attached hydrogen (secondary N) is 2. The standard InChI is InChI=1S/C11H16O3.2CHNO/c1-3-7-11(2,14)8-5-4-6-9(12)10(8)13;2*2-1-3/h4-6,12-14H,3,7H2,1-2H3;2*2H. The SMILES string of the molecule is CCCC(C)(O)c1cccc(O)c1O.N=C=O.N=C=O. The van der Waals surface area contributed by atoms with Crippen LogP contribution in [0, 0.1) is 10.8 Å². The van der Waals surface area contributed by atoms with E-state index in [0.717, 1.165) is 18.6 Å². The lowest BCUT2D eigenvalue weighted by Gasteiger charge is -2.24. The van der Waals surface area contributed by atoms with Gasteiger partial charge in [0.25, 0.3) is 0 Å². The maximum absolute atomic E-state index is 10.0. The molecule has 0 aliphatic carbocycles. The van der Waals surface area contributed by atoms with Crippen molar-refractivity contribution in [1.82, 2.24) is 0 Å². The first kappa shape index (κ1) is 19.9. The van der Waals surface area contributed by atoms with Crippen molar-refractivity contribution in [2.24, 2.45) is 0 Å². The molecule has 0 aromatic heterocycles. The minimum absolute atomic E-state index is 0.195. The quantitative estimate of drug-likeness (QED) is 0.327. The lowest BCUT2D eigenvalue weighted by Crippen LogP contribution is -2.20. The lowest BCUT2D eigenvalue weighted by molar-refractivity contribution is 0.0442. The van der Waals surface area contributed by atoms with Crippen LogP contribution in [0.3, 0.4) is 0 Å². The zero-order valence-electron chi connectivity index (χ0n) is 11.3. The van der Waals surface area contributed by atoms with Gasteiger partial charge in [0.15, 0.2) is 11.5 Å². The maximum Gasteiger partial charge on any atom is 0.231 e. The van der Waals surface area contributed by atoms with Gasteiger partial charge in [0.05, 0.1) is 5.60 Å². The summed E-state index contributed by atoms with van der Waals surface area (Å²) in [5.41, 5.74) is -0.711. The molecule has 0 spiro atoms. The Morgan fingerprint density at radius 3 is 2.05 bits per heavy atom. The first-order valence-electron chi connectivity index (χ1n) is 5.63. The minimum atomic E-state index is -1.09. The summed E-state index contributed by atoms with van der Waals surface area (Å²) in [4.78, 5) is 16.7. The molecule has 20 heavy (non-hydrogen) atoms. The summed E-state index contributed by atoms with van der Waals surface area (Å²) in [6.45, 7) is 3.58. The average molecular weight is 282 g/mol. The van der Waals surface area contributed by atoms with Gasteiger partial charge in [-0.05, 0) is 19.4 Å². The Balaban J connectivity index is 0. The van der Waals surface area contributed by atoms with Gasteiger partial charge in [-0.25, -0.2) is 20.4 Å². The molecule has 1 atom stereocenters. The van der Waals surface area contributed by atoms with Crippen molar-refractivity contribution in [3.8, 4) is 11.5 Å². The van der Waals surface area contributed by atoms with E-state index in [1.807, 2.05) is 6.92 Å². The summed E-state index contributed by atoms with van der Waals surface area (Å²) >= 11 is 0. The number of hydrogen-bond acceptors (Lipinski definition) is 7. The number of hydrogen-bond donors (Lipinski definition) is 5. The summed E-state index contributed by atoms with van der Waals surface area (Å²) in [5.74, 6) is -0.426. The topological polar surface area (TPSA) is 143 Å². The molecule has 0 aliphatic heterocycles. The first-order valence-corrected chi connectivity index (χ1v) is 5.63. The van der Waals surface area contributed by atoms with E-state index in [4.69, 9.17) is 20.4 Å². The Labute approximate surface area is 116 Å². The van der Waals surface area contributed by atoms with Crippen LogP contribution in [-0.4, -0.2) is 27.5 Å². The van der Waals surface area contributed by atoms with Crippen molar-refractivity contribution in [1.29, 1.82) is 10.8 Å². The van der Waals surface area contributed by atoms with Crippen LogP contribution in [0.4, 0.5) is 0 Å². The van der Waals surface area contributed by atoms with E-state index in [1.165, 1.54) is 6.07 Å². The normalized spacial score (nSPS) is 11.3. The lowest BCUT2D eigenvalue weighted by atomic mass is 9.90. The second-order valence-electron chi connectivity index (χ2n) is 3.90. The van der Waals surface area contributed by atoms with Crippen LogP contribution in [0.5, 0.6) is 11.5 Å². The van der Waals surface area contributed by atoms with Crippen LogP contribution in [-0.2, 0) is 15.2 Å². The van der Waals surface area contributed by atoms with E-state index in [1.54, 1.807) is 19.1 Å². The van der Waals surface area contributed by atoms with E-state index in [-0.39, 0.29) is 11.5 Å². The zero-order chi connectivity index (χ0) is 16.2. The van der Waals surface area contributed by atoms with E-state index >= 15 is 0 Å². The Hall–Kier alpha value is -2.46. The Kier molecular flexibility index (Phi) is 10.4. The van der Waals surface area contributed by atoms with E-state index in [9.17, 15) is 15.3 Å². The molecule has 110 valence electrons. The van der Waals surface area contributed by atoms with Crippen LogP contribution in [0.15, 0.2) is 18.2 Å². The largest absolute Gasteiger partial charge is 0.504 e. The molecular weight excluding hydrogens is 264 g/mol. The fraction of sp³-hybridized carbons (Fsp3) is 0.385. The number of isocyanates is 2. The van der Waals surface area contributed by atoms with Crippen molar-refractivity contribution >= 4 is 12.2 Å². The van der Waals surface area contributed by atoms with Gasteiger partial charge in [-0.15, -0.1) is 0 Å². The number of phenols is 2. The van der Waals surface area contributed by atoms with Crippen LogP contribution in [0.25, 0.3) is 0 Å². The van der Waals surface area contributed by atoms with Crippen LogP contribution >= 0.6 is 0 Å². The molecule has 5 N–H and O–H groups in total. The smallest absolute Gasteiger partial charge is 0.231 e. The van der Waals surface area contributed by atoms with Gasteiger partial charge in [-0.1, -0.05) is 25.5 Å². The van der Waals surface area contributed by atoms with Crippen molar-refractivity contribution in [3.63, 3.8) is 0 Å². The molecule has 0 aliphatic rings. The molecule has 0 saturated heterocycles. The van der Waals surface area contributed by atoms with Crippen LogP contribution < -0.4 is 0 Å². The van der Waals surface area contributed by atoms with Gasteiger partial charge < -0.3 is 15.3 Å². The summed E-state index contributed by atoms with van der Waals surface area (Å²) in [7, 11) is 0. The molecule has 0 heterocycles. The number of phenolic OH excluding ortho intramolecular Hbond substituents is 2. The summed E-state index contributed by atoms with van der Waals surface area (Å²) < 4.78 is 0. The highest BCUT2D eigenvalue weighted by Crippen LogP contribution is 2.37. The first-order chi connectivity index (χ1) is 9.32. The maximum atomic E-state index is 10.0. The van der Waals surface area contributed by atoms with Gasteiger partial charge in [0, 0.05) is 5.56 Å². The highest BCUT2D eigenvalue weighted by molar-refractivity contribution is 5.46. The highest BCUT2D eigenvalue weighted by Gasteiger charge is 2.26. The number of aliphatic hydroxyl groups is 1. The van der Waals surface area contributed by atoms with Gasteiger partial charge in [0.2, 0.25) is 12.2 Å². The van der Waals surface area contributed by atoms with Crippen molar-refractivity contribution in [2.45, 2.75) is 32.3 Å². The van der Waals surface area contributed by atoms with Gasteiger partial charge in [0.1, 0.15) is 0 Å². The average Bonchev–Trinajstić information content (AvgIpc) is 2.34. The molecule has 0 bridgehead atoms. The van der Waals surface area contributed by atoms with E-state index in [2.05, 4.69) is 0 Å². The monoisotopic (exact) mass is 282 g/mol. The van der Waals surface area contributed by atoms with Crippen molar-refractivity contribution in [3.05, 3.63) is 23.8 Å². The second-order valence-corrected chi connectivity index (χ2v) is 3.90. The molecule has 1 aromatic rings. The molecular formula is C13H18N2O5. The fourth-order valence-electron chi connectivity index (χ4n) is 1.59. The third kappa shape index (κ3) is 7.08. The number of para-hydroxylation sites is 1. The molecule has 1 aromatic carbocycles. The molecule has 0 amide bonds. The van der Waals surface area contributed by atoms with Crippen LogP contribution in [0.2, 0.25) is 0 Å². The number of carbonyl (C=O) groups excluding carboxylic acids is 2. The van der Waals surface area contributed by atoms with Gasteiger partial charge in [-0.3, -0.25) is 0 Å². The van der Waals surface area contributed by atoms with Gasteiger partial charge in [-0.2, -0.15) is 0 Å². The summed E-state index contributed by atoms with van der Waals surface area (Å²) in [6, 6.07) is 4.61. The molecule has 7 heteroatoms. The second kappa shape index (κ2) is 10.5. The minimum Gasteiger partial charge on any atom is -0.504 e. The molecule has 1 unspecified atom stereocenters. The van der Waals surface area contributed by atoms with Gasteiger partial charge >= 0.3 is 0 Å². The number of rotatable bonds is 3. The highest BCUT2D eigenvalue weighted by atomic mass is 16.3. The third-order valence-electron chi connectivity index (χ3n) is 2.33. The Morgan fingerprint density at radius 1 is 1.20 bits per heavy atom. The zero-order valence-corrected chi connectivity index (χ0v) is 11.3. The Morgan fingerprint density at radius 2 is 1.65 bits per heavy atom. The summed E-state index contributed by atoms with van der Waals surface area (Å²) in [6.07, 6.45) is 2.85. The number of benzene rings is 1. The Bertz CT molecular complexity index is 462. The van der Waals surface area contributed by atoms with Crippen molar-refractivity contribution in [2.75, 3.05) is 0 Å². The van der Waals surface area contributed by atoms with E-state index < -0.39 is 5.60 Å². The van der Waals surface area contributed by atoms with Crippen LogP contribution in [0.1, 0.15) is 32.3 Å².